The van der Waals surface area contributed by atoms with Crippen molar-refractivity contribution in [2.24, 2.45) is 0 Å². The second-order valence-electron chi connectivity index (χ2n) is 9.29. The van der Waals surface area contributed by atoms with E-state index in [1.165, 1.54) is 37.8 Å². The smallest absolute Gasteiger partial charge is 0.259 e. The molecular weight excluding hydrogens is 415 g/mol. The van der Waals surface area contributed by atoms with Crippen molar-refractivity contribution in [2.45, 2.75) is 64.6 Å². The topological polar surface area (TPSA) is 41.4 Å². The van der Waals surface area contributed by atoms with E-state index >= 15 is 0 Å². The van der Waals surface area contributed by atoms with Crippen LogP contribution < -0.4 is 10.5 Å². The zero-order chi connectivity index (χ0) is 22.8. The molecule has 33 heavy (non-hydrogen) atoms. The van der Waals surface area contributed by atoms with Crippen molar-refractivity contribution in [3.05, 3.63) is 87.6 Å². The lowest BCUT2D eigenvalue weighted by molar-refractivity contribution is 0.123. The highest BCUT2D eigenvalue weighted by Crippen LogP contribution is 2.31. The summed E-state index contributed by atoms with van der Waals surface area (Å²) in [6.07, 6.45) is 7.89. The van der Waals surface area contributed by atoms with E-state index in [1.54, 1.807) is 12.1 Å². The fraction of sp³-hybridized carbons (Fsp3) is 0.407. The van der Waals surface area contributed by atoms with Crippen LogP contribution in [0.2, 0.25) is 0 Å². The van der Waals surface area contributed by atoms with Gasteiger partial charge in [-0.15, -0.1) is 0 Å². The van der Waals surface area contributed by atoms with E-state index in [4.69, 9.17) is 4.98 Å². The van der Waals surface area contributed by atoms with Gasteiger partial charge in [-0.3, -0.25) is 19.2 Å². The van der Waals surface area contributed by atoms with Crippen LogP contribution >= 0.6 is 0 Å². The Balaban J connectivity index is 1.57. The minimum Gasteiger partial charge on any atom is -0.298 e. The summed E-state index contributed by atoms with van der Waals surface area (Å²) in [5.74, 6) is 0.377. The molecule has 0 N–H and O–H groups in total. The Hall–Kier alpha value is -2.99. The fourth-order valence-corrected chi connectivity index (χ4v) is 5.17. The van der Waals surface area contributed by atoms with Gasteiger partial charge in [-0.25, -0.2) is 9.37 Å². The van der Waals surface area contributed by atoms with E-state index in [-0.39, 0.29) is 11.4 Å². The van der Waals surface area contributed by atoms with Crippen molar-refractivity contribution in [1.82, 2.24) is 14.5 Å². The number of hydrogen-bond donors (Lipinski definition) is 0. The highest BCUT2D eigenvalue weighted by Gasteiger charge is 2.31. The molecule has 5 nitrogen and oxygen atoms in total. The van der Waals surface area contributed by atoms with Crippen LogP contribution in [0.4, 0.5) is 16.0 Å². The van der Waals surface area contributed by atoms with Gasteiger partial charge in [-0.1, -0.05) is 56.0 Å². The van der Waals surface area contributed by atoms with E-state index in [1.807, 2.05) is 41.8 Å². The number of anilines is 2. The van der Waals surface area contributed by atoms with Crippen molar-refractivity contribution in [3.63, 3.8) is 0 Å². The first-order valence-electron chi connectivity index (χ1n) is 12.0. The largest absolute Gasteiger partial charge is 0.298 e. The molecule has 0 amide bonds. The molecule has 0 unspecified atom stereocenters. The average Bonchev–Trinajstić information content (AvgIpc) is 3.12. The predicted molar refractivity (Wildman–Crippen MR) is 129 cm³/mol. The van der Waals surface area contributed by atoms with Gasteiger partial charge in [0, 0.05) is 23.7 Å². The van der Waals surface area contributed by atoms with Crippen molar-refractivity contribution in [2.75, 3.05) is 11.6 Å². The summed E-state index contributed by atoms with van der Waals surface area (Å²) >= 11 is 0. The monoisotopic (exact) mass is 446 g/mol. The standard InChI is InChI=1S/C27H31FN4O/c1-20-25(17-21-9-5-4-6-10-21)26(33)32-19-30(23-11-7-2-3-8-12-23)18-31(27(32)29-20)24-15-13-22(28)14-16-24/h4-6,9-10,13-16,23H,2-3,7-8,11-12,17-19H2,1H3. The van der Waals surface area contributed by atoms with Gasteiger partial charge in [-0.2, -0.15) is 0 Å². The molecule has 2 heterocycles. The normalized spacial score (nSPS) is 17.6. The third-order valence-electron chi connectivity index (χ3n) is 7.04. The van der Waals surface area contributed by atoms with Crippen LogP contribution in [0, 0.1) is 12.7 Å². The van der Waals surface area contributed by atoms with E-state index in [0.717, 1.165) is 35.3 Å². The maximum atomic E-state index is 13.8. The van der Waals surface area contributed by atoms with Gasteiger partial charge >= 0.3 is 0 Å². The molecule has 5 rings (SSSR count). The van der Waals surface area contributed by atoms with Gasteiger partial charge in [0.05, 0.1) is 19.0 Å². The highest BCUT2D eigenvalue weighted by molar-refractivity contribution is 5.58. The van der Waals surface area contributed by atoms with Crippen LogP contribution in [0.25, 0.3) is 0 Å². The summed E-state index contributed by atoms with van der Waals surface area (Å²) in [7, 11) is 0. The van der Waals surface area contributed by atoms with Crippen LogP contribution in [0.3, 0.4) is 0 Å². The molecular formula is C27H31FN4O. The van der Waals surface area contributed by atoms with E-state index < -0.39 is 0 Å². The van der Waals surface area contributed by atoms with Crippen LogP contribution in [0.5, 0.6) is 0 Å². The molecule has 6 heteroatoms. The number of nitrogens with zero attached hydrogens (tertiary/aromatic N) is 4. The molecule has 0 spiro atoms. The van der Waals surface area contributed by atoms with Gasteiger partial charge in [0.25, 0.3) is 5.56 Å². The lowest BCUT2D eigenvalue weighted by Gasteiger charge is -2.42. The van der Waals surface area contributed by atoms with E-state index in [0.29, 0.717) is 31.7 Å². The molecule has 0 saturated heterocycles. The number of hydrogen-bond acceptors (Lipinski definition) is 4. The minimum absolute atomic E-state index is 0.0202. The Bertz CT molecular complexity index is 1150. The molecule has 3 aromatic rings. The van der Waals surface area contributed by atoms with Crippen LogP contribution in [0.15, 0.2) is 59.4 Å². The quantitative estimate of drug-likeness (QED) is 0.505. The Morgan fingerprint density at radius 1 is 0.939 bits per heavy atom. The Kier molecular flexibility index (Phi) is 6.27. The Morgan fingerprint density at radius 2 is 1.64 bits per heavy atom. The molecule has 1 aliphatic carbocycles. The van der Waals surface area contributed by atoms with Crippen LogP contribution in [-0.2, 0) is 13.1 Å². The summed E-state index contributed by atoms with van der Waals surface area (Å²) in [5, 5.41) is 0. The second kappa shape index (κ2) is 9.48. The van der Waals surface area contributed by atoms with Crippen molar-refractivity contribution in [1.29, 1.82) is 0 Å². The number of benzene rings is 2. The van der Waals surface area contributed by atoms with Crippen molar-refractivity contribution >= 4 is 11.6 Å². The van der Waals surface area contributed by atoms with Gasteiger partial charge < -0.3 is 0 Å². The number of aryl methyl sites for hydroxylation is 1. The van der Waals surface area contributed by atoms with Crippen LogP contribution in [0.1, 0.15) is 55.3 Å². The zero-order valence-electron chi connectivity index (χ0n) is 19.2. The average molecular weight is 447 g/mol. The molecule has 0 radical (unpaired) electrons. The number of fused-ring (bicyclic) bond motifs is 1. The highest BCUT2D eigenvalue weighted by atomic mass is 19.1. The molecule has 0 bridgehead atoms. The Morgan fingerprint density at radius 3 is 2.33 bits per heavy atom. The molecule has 2 aromatic carbocycles. The van der Waals surface area contributed by atoms with Gasteiger partial charge in [0.15, 0.2) is 0 Å². The zero-order valence-corrected chi connectivity index (χ0v) is 19.2. The second-order valence-corrected chi connectivity index (χ2v) is 9.29. The molecule has 172 valence electrons. The number of halogens is 1. The van der Waals surface area contributed by atoms with Crippen LogP contribution in [-0.4, -0.2) is 27.2 Å². The minimum atomic E-state index is -0.267. The van der Waals surface area contributed by atoms with Crippen molar-refractivity contribution in [3.8, 4) is 0 Å². The maximum Gasteiger partial charge on any atom is 0.259 e. The number of aromatic nitrogens is 2. The SMILES string of the molecule is Cc1nc2n(c(=O)c1Cc1ccccc1)CN(C1CCCCCC1)CN2c1ccc(F)cc1. The lowest BCUT2D eigenvalue weighted by Crippen LogP contribution is -2.51. The van der Waals surface area contributed by atoms with Gasteiger partial charge in [0.2, 0.25) is 5.95 Å². The summed E-state index contributed by atoms with van der Waals surface area (Å²) < 4.78 is 15.5. The Labute approximate surface area is 194 Å². The molecule has 1 aromatic heterocycles. The molecule has 1 aliphatic heterocycles. The lowest BCUT2D eigenvalue weighted by atomic mass is 10.0. The molecule has 0 atom stereocenters. The third-order valence-corrected chi connectivity index (χ3v) is 7.04. The number of rotatable bonds is 4. The summed E-state index contributed by atoms with van der Waals surface area (Å²) in [4.78, 5) is 23.2. The predicted octanol–water partition coefficient (Wildman–Crippen LogP) is 5.37. The first-order chi connectivity index (χ1) is 16.1. The summed E-state index contributed by atoms with van der Waals surface area (Å²) in [5.41, 5.74) is 3.47. The van der Waals surface area contributed by atoms with Gasteiger partial charge in [0.1, 0.15) is 5.82 Å². The maximum absolute atomic E-state index is 13.8. The van der Waals surface area contributed by atoms with E-state index in [9.17, 15) is 9.18 Å². The summed E-state index contributed by atoms with van der Waals surface area (Å²) in [6.45, 7) is 3.12. The van der Waals surface area contributed by atoms with Gasteiger partial charge in [-0.05, 0) is 49.6 Å². The molecule has 1 fully saturated rings. The van der Waals surface area contributed by atoms with Crippen molar-refractivity contribution < 1.29 is 4.39 Å². The first kappa shape index (κ1) is 21.8. The fourth-order valence-electron chi connectivity index (χ4n) is 5.17. The molecule has 1 saturated carbocycles. The molecule has 2 aliphatic rings. The summed E-state index contributed by atoms with van der Waals surface area (Å²) in [6, 6.07) is 17.0. The third kappa shape index (κ3) is 4.58. The first-order valence-corrected chi connectivity index (χ1v) is 12.0. The van der Waals surface area contributed by atoms with E-state index in [2.05, 4.69) is 9.80 Å².